The third-order valence-electron chi connectivity index (χ3n) is 3.45. The molecule has 2 N–H and O–H groups in total. The number of sulfonamides is 1. The molecule has 1 heterocycles. The van der Waals surface area contributed by atoms with Gasteiger partial charge in [0, 0.05) is 12.1 Å². The van der Waals surface area contributed by atoms with E-state index < -0.39 is 10.0 Å². The van der Waals surface area contributed by atoms with Crippen molar-refractivity contribution < 1.29 is 8.42 Å². The van der Waals surface area contributed by atoms with E-state index >= 15 is 0 Å². The predicted octanol–water partition coefficient (Wildman–Crippen LogP) is 1.08. The lowest BCUT2D eigenvalue weighted by atomic mass is 10.0. The lowest BCUT2D eigenvalue weighted by Gasteiger charge is -2.38. The van der Waals surface area contributed by atoms with Crippen LogP contribution >= 0.6 is 0 Å². The van der Waals surface area contributed by atoms with Crippen LogP contribution in [-0.4, -0.2) is 44.4 Å². The molecule has 5 nitrogen and oxygen atoms in total. The van der Waals surface area contributed by atoms with E-state index in [1.165, 1.54) is 6.42 Å². The molecule has 0 amide bonds. The Morgan fingerprint density at radius 3 is 2.39 bits per heavy atom. The van der Waals surface area contributed by atoms with E-state index in [1.807, 2.05) is 11.9 Å². The predicted molar refractivity (Wildman–Crippen MR) is 74.7 cm³/mol. The molecule has 2 unspecified atom stereocenters. The molecule has 1 aliphatic heterocycles. The molecule has 1 aliphatic rings. The Morgan fingerprint density at radius 2 is 1.83 bits per heavy atom. The van der Waals surface area contributed by atoms with Gasteiger partial charge >= 0.3 is 0 Å². The summed E-state index contributed by atoms with van der Waals surface area (Å²) in [6.45, 7) is 7.81. The van der Waals surface area contributed by atoms with Gasteiger partial charge in [-0.1, -0.05) is 13.3 Å². The summed E-state index contributed by atoms with van der Waals surface area (Å²) in [4.78, 5) is 2.75. The summed E-state index contributed by atoms with van der Waals surface area (Å²) in [6, 6.07) is 0.578. The Kier molecular flexibility index (Phi) is 6.55. The Labute approximate surface area is 111 Å². The second kappa shape index (κ2) is 7.43. The topological polar surface area (TPSA) is 61.4 Å². The molecule has 6 heteroatoms. The van der Waals surface area contributed by atoms with Crippen molar-refractivity contribution >= 4 is 10.0 Å². The third-order valence-corrected chi connectivity index (χ3v) is 4.77. The molecule has 0 aliphatic carbocycles. The zero-order valence-corrected chi connectivity index (χ0v) is 12.6. The molecule has 0 aromatic heterocycles. The Hall–Kier alpha value is -0.170. The molecule has 0 bridgehead atoms. The normalized spacial score (nSPS) is 26.4. The van der Waals surface area contributed by atoms with Crippen LogP contribution in [0.4, 0.5) is 0 Å². The van der Waals surface area contributed by atoms with E-state index in [-0.39, 0.29) is 17.8 Å². The SMILES string of the molecule is CCNCCCS(=O)(=O)NN1C(C)CCCC1C. The lowest BCUT2D eigenvalue weighted by molar-refractivity contribution is 0.0790. The number of nitrogens with zero attached hydrogens (tertiary/aromatic N) is 1. The highest BCUT2D eigenvalue weighted by Crippen LogP contribution is 2.20. The summed E-state index contributed by atoms with van der Waals surface area (Å²) in [6.07, 6.45) is 3.95. The van der Waals surface area contributed by atoms with Crippen molar-refractivity contribution in [1.82, 2.24) is 15.2 Å². The average Bonchev–Trinajstić information content (AvgIpc) is 2.30. The number of nitrogens with one attached hydrogen (secondary N) is 2. The number of hydrazine groups is 1. The maximum absolute atomic E-state index is 12.0. The van der Waals surface area contributed by atoms with Gasteiger partial charge in [0.15, 0.2) is 0 Å². The Morgan fingerprint density at radius 1 is 1.22 bits per heavy atom. The van der Waals surface area contributed by atoms with Gasteiger partial charge in [0.2, 0.25) is 10.0 Å². The van der Waals surface area contributed by atoms with Crippen LogP contribution in [0.3, 0.4) is 0 Å². The quantitative estimate of drug-likeness (QED) is 0.684. The summed E-state index contributed by atoms with van der Waals surface area (Å²) >= 11 is 0. The lowest BCUT2D eigenvalue weighted by Crippen LogP contribution is -2.54. The van der Waals surface area contributed by atoms with E-state index in [1.54, 1.807) is 0 Å². The summed E-state index contributed by atoms with van der Waals surface area (Å²) in [7, 11) is -3.19. The molecule has 0 aromatic carbocycles. The van der Waals surface area contributed by atoms with Crippen LogP contribution in [0.2, 0.25) is 0 Å². The fraction of sp³-hybridized carbons (Fsp3) is 1.00. The summed E-state index contributed by atoms with van der Waals surface area (Å²) < 4.78 is 23.9. The van der Waals surface area contributed by atoms with Gasteiger partial charge in [-0.3, -0.25) is 0 Å². The van der Waals surface area contributed by atoms with E-state index in [0.29, 0.717) is 6.42 Å². The first-order chi connectivity index (χ1) is 8.46. The highest BCUT2D eigenvalue weighted by atomic mass is 32.2. The number of hydrogen-bond donors (Lipinski definition) is 2. The van der Waals surface area contributed by atoms with Gasteiger partial charge in [-0.15, -0.1) is 4.83 Å². The van der Waals surface area contributed by atoms with Crippen molar-refractivity contribution in [3.63, 3.8) is 0 Å². The van der Waals surface area contributed by atoms with Crippen LogP contribution in [-0.2, 0) is 10.0 Å². The highest BCUT2D eigenvalue weighted by Gasteiger charge is 2.27. The number of piperidine rings is 1. The first kappa shape index (κ1) is 15.9. The molecule has 2 atom stereocenters. The molecule has 1 rings (SSSR count). The monoisotopic (exact) mass is 277 g/mol. The van der Waals surface area contributed by atoms with E-state index in [0.717, 1.165) is 25.9 Å². The van der Waals surface area contributed by atoms with Crippen molar-refractivity contribution in [2.75, 3.05) is 18.8 Å². The zero-order valence-electron chi connectivity index (χ0n) is 11.8. The minimum absolute atomic E-state index is 0.190. The van der Waals surface area contributed by atoms with Crippen LogP contribution in [0.15, 0.2) is 0 Å². The van der Waals surface area contributed by atoms with E-state index in [2.05, 4.69) is 24.0 Å². The van der Waals surface area contributed by atoms with Crippen LogP contribution in [0.5, 0.6) is 0 Å². The van der Waals surface area contributed by atoms with Crippen LogP contribution < -0.4 is 10.1 Å². The minimum atomic E-state index is -3.19. The van der Waals surface area contributed by atoms with Gasteiger partial charge in [0.25, 0.3) is 0 Å². The molecule has 0 radical (unpaired) electrons. The van der Waals surface area contributed by atoms with Crippen molar-refractivity contribution in [3.8, 4) is 0 Å². The molecule has 0 aromatic rings. The summed E-state index contributed by atoms with van der Waals surface area (Å²) in [5, 5.41) is 5.05. The molecular formula is C12H27N3O2S. The van der Waals surface area contributed by atoms with Crippen LogP contribution in [0, 0.1) is 0 Å². The highest BCUT2D eigenvalue weighted by molar-refractivity contribution is 7.89. The maximum atomic E-state index is 12.0. The summed E-state index contributed by atoms with van der Waals surface area (Å²) in [5.41, 5.74) is 0. The first-order valence-electron chi connectivity index (χ1n) is 6.95. The fourth-order valence-electron chi connectivity index (χ4n) is 2.37. The van der Waals surface area contributed by atoms with Gasteiger partial charge < -0.3 is 5.32 Å². The van der Waals surface area contributed by atoms with Crippen LogP contribution in [0.1, 0.15) is 46.5 Å². The van der Waals surface area contributed by atoms with Crippen molar-refractivity contribution in [3.05, 3.63) is 0 Å². The van der Waals surface area contributed by atoms with Crippen molar-refractivity contribution in [1.29, 1.82) is 0 Å². The van der Waals surface area contributed by atoms with Gasteiger partial charge in [0.05, 0.1) is 5.75 Å². The molecule has 1 saturated heterocycles. The smallest absolute Gasteiger partial charge is 0.224 e. The second-order valence-corrected chi connectivity index (χ2v) is 6.97. The van der Waals surface area contributed by atoms with Crippen LogP contribution in [0.25, 0.3) is 0 Å². The van der Waals surface area contributed by atoms with Crippen molar-refractivity contribution in [2.45, 2.75) is 58.5 Å². The maximum Gasteiger partial charge on any atom is 0.224 e. The molecular weight excluding hydrogens is 250 g/mol. The van der Waals surface area contributed by atoms with Gasteiger partial charge in [0.1, 0.15) is 0 Å². The van der Waals surface area contributed by atoms with Gasteiger partial charge in [-0.05, 0) is 46.2 Å². The standard InChI is InChI=1S/C12H27N3O2S/c1-4-13-9-6-10-18(16,17)14-15-11(2)7-5-8-12(15)3/h11-14H,4-10H2,1-3H3. The Balaban J connectivity index is 2.43. The third kappa shape index (κ3) is 5.22. The second-order valence-electron chi connectivity index (χ2n) is 5.15. The molecule has 18 heavy (non-hydrogen) atoms. The van der Waals surface area contributed by atoms with Gasteiger partial charge in [-0.25, -0.2) is 13.4 Å². The number of hydrogen-bond acceptors (Lipinski definition) is 4. The molecule has 1 fully saturated rings. The number of rotatable bonds is 7. The molecule has 108 valence electrons. The fourth-order valence-corrected chi connectivity index (χ4v) is 3.67. The summed E-state index contributed by atoms with van der Waals surface area (Å²) in [5.74, 6) is 0.190. The molecule has 0 saturated carbocycles. The Bertz CT molecular complexity index is 322. The van der Waals surface area contributed by atoms with Crippen molar-refractivity contribution in [2.24, 2.45) is 0 Å². The zero-order chi connectivity index (χ0) is 13.6. The first-order valence-corrected chi connectivity index (χ1v) is 8.60. The van der Waals surface area contributed by atoms with E-state index in [4.69, 9.17) is 0 Å². The van der Waals surface area contributed by atoms with Gasteiger partial charge in [-0.2, -0.15) is 0 Å². The average molecular weight is 277 g/mol. The largest absolute Gasteiger partial charge is 0.317 e. The molecule has 0 spiro atoms. The minimum Gasteiger partial charge on any atom is -0.317 e. The van der Waals surface area contributed by atoms with E-state index in [9.17, 15) is 8.42 Å².